The molecule has 4 heteroatoms. The molecule has 1 aliphatic heterocycles. The van der Waals surface area contributed by atoms with Crippen molar-refractivity contribution in [1.29, 1.82) is 0 Å². The molecule has 1 unspecified atom stereocenters. The standard InChI is InChI=1S/C14H22ClN3/c1-3-11(2)14(18-8-6-16-7-9-18)12-4-5-13(15)17-10-12/h4-5,10-11,14,16H,3,6-9H2,1-2H3/t11?,14-/m0/s1. The minimum absolute atomic E-state index is 0.460. The van der Waals surface area contributed by atoms with E-state index in [1.165, 1.54) is 12.0 Å². The molecule has 1 fully saturated rings. The second-order valence-electron chi connectivity index (χ2n) is 5.03. The number of aromatic nitrogens is 1. The molecule has 100 valence electrons. The molecule has 0 aromatic carbocycles. The molecule has 1 saturated heterocycles. The quantitative estimate of drug-likeness (QED) is 0.851. The maximum Gasteiger partial charge on any atom is 0.129 e. The first kappa shape index (κ1) is 13.8. The Morgan fingerprint density at radius 2 is 2.11 bits per heavy atom. The zero-order valence-corrected chi connectivity index (χ0v) is 12.0. The molecule has 1 aromatic rings. The van der Waals surface area contributed by atoms with Crippen LogP contribution in [-0.4, -0.2) is 36.1 Å². The topological polar surface area (TPSA) is 28.2 Å². The summed E-state index contributed by atoms with van der Waals surface area (Å²) < 4.78 is 0. The second kappa shape index (κ2) is 6.50. The highest BCUT2D eigenvalue weighted by Crippen LogP contribution is 2.30. The van der Waals surface area contributed by atoms with Crippen molar-refractivity contribution in [1.82, 2.24) is 15.2 Å². The van der Waals surface area contributed by atoms with Gasteiger partial charge >= 0.3 is 0 Å². The van der Waals surface area contributed by atoms with Gasteiger partial charge in [-0.25, -0.2) is 4.98 Å². The molecule has 1 aromatic heterocycles. The lowest BCUT2D eigenvalue weighted by atomic mass is 9.91. The molecule has 0 bridgehead atoms. The van der Waals surface area contributed by atoms with Crippen LogP contribution in [0.25, 0.3) is 0 Å². The van der Waals surface area contributed by atoms with E-state index in [-0.39, 0.29) is 0 Å². The number of halogens is 1. The van der Waals surface area contributed by atoms with E-state index in [0.717, 1.165) is 26.2 Å². The summed E-state index contributed by atoms with van der Waals surface area (Å²) in [5, 5.41) is 3.98. The molecule has 1 N–H and O–H groups in total. The molecular weight excluding hydrogens is 246 g/mol. The van der Waals surface area contributed by atoms with Crippen molar-refractivity contribution in [2.75, 3.05) is 26.2 Å². The Morgan fingerprint density at radius 1 is 1.39 bits per heavy atom. The van der Waals surface area contributed by atoms with Crippen molar-refractivity contribution < 1.29 is 0 Å². The predicted molar refractivity (Wildman–Crippen MR) is 75.9 cm³/mol. The monoisotopic (exact) mass is 267 g/mol. The highest BCUT2D eigenvalue weighted by molar-refractivity contribution is 6.29. The summed E-state index contributed by atoms with van der Waals surface area (Å²) in [5.41, 5.74) is 1.29. The summed E-state index contributed by atoms with van der Waals surface area (Å²) >= 11 is 5.88. The molecule has 0 spiro atoms. The van der Waals surface area contributed by atoms with Crippen LogP contribution in [-0.2, 0) is 0 Å². The summed E-state index contributed by atoms with van der Waals surface area (Å²) in [6, 6.07) is 4.48. The van der Waals surface area contributed by atoms with Crippen molar-refractivity contribution >= 4 is 11.6 Å². The number of rotatable bonds is 4. The molecule has 0 aliphatic carbocycles. The maximum absolute atomic E-state index is 5.88. The normalized spacial score (nSPS) is 20.6. The van der Waals surface area contributed by atoms with E-state index < -0.39 is 0 Å². The number of nitrogens with one attached hydrogen (secondary N) is 1. The number of piperazine rings is 1. The number of nitrogens with zero attached hydrogens (tertiary/aromatic N) is 2. The van der Waals surface area contributed by atoms with Gasteiger partial charge in [-0.05, 0) is 17.5 Å². The molecule has 18 heavy (non-hydrogen) atoms. The zero-order chi connectivity index (χ0) is 13.0. The molecule has 0 amide bonds. The Kier molecular flexibility index (Phi) is 4.98. The maximum atomic E-state index is 5.88. The highest BCUT2D eigenvalue weighted by Gasteiger charge is 2.26. The van der Waals surface area contributed by atoms with Gasteiger partial charge in [0.05, 0.1) is 0 Å². The van der Waals surface area contributed by atoms with E-state index in [4.69, 9.17) is 11.6 Å². The molecule has 2 atom stereocenters. The van der Waals surface area contributed by atoms with Crippen LogP contribution in [0.5, 0.6) is 0 Å². The lowest BCUT2D eigenvalue weighted by Crippen LogP contribution is -2.46. The summed E-state index contributed by atoms with van der Waals surface area (Å²) in [4.78, 5) is 6.80. The molecule has 3 nitrogen and oxygen atoms in total. The predicted octanol–water partition coefficient (Wildman–Crippen LogP) is 2.73. The lowest BCUT2D eigenvalue weighted by molar-refractivity contribution is 0.128. The summed E-state index contributed by atoms with van der Waals surface area (Å²) in [5.74, 6) is 0.631. The van der Waals surface area contributed by atoms with Gasteiger partial charge in [0.25, 0.3) is 0 Å². The summed E-state index contributed by atoms with van der Waals surface area (Å²) in [6.07, 6.45) is 3.11. The Labute approximate surface area is 115 Å². The second-order valence-corrected chi connectivity index (χ2v) is 5.42. The van der Waals surface area contributed by atoms with Crippen LogP contribution in [0.1, 0.15) is 31.9 Å². The van der Waals surface area contributed by atoms with Crippen LogP contribution in [0, 0.1) is 5.92 Å². The van der Waals surface area contributed by atoms with E-state index in [1.54, 1.807) is 0 Å². The number of pyridine rings is 1. The summed E-state index contributed by atoms with van der Waals surface area (Å²) in [6.45, 7) is 8.95. The molecular formula is C14H22ClN3. The lowest BCUT2D eigenvalue weighted by Gasteiger charge is -2.38. The van der Waals surface area contributed by atoms with Gasteiger partial charge in [0, 0.05) is 38.4 Å². The third-order valence-electron chi connectivity index (χ3n) is 3.82. The molecule has 2 heterocycles. The summed E-state index contributed by atoms with van der Waals surface area (Å²) in [7, 11) is 0. The first-order valence-corrected chi connectivity index (χ1v) is 7.16. The van der Waals surface area contributed by atoms with Crippen molar-refractivity contribution in [2.24, 2.45) is 5.92 Å². The van der Waals surface area contributed by atoms with Gasteiger partial charge in [-0.2, -0.15) is 0 Å². The van der Waals surface area contributed by atoms with Gasteiger partial charge < -0.3 is 5.32 Å². The first-order chi connectivity index (χ1) is 8.72. The van der Waals surface area contributed by atoms with E-state index in [9.17, 15) is 0 Å². The molecule has 0 saturated carbocycles. The fourth-order valence-electron chi connectivity index (χ4n) is 2.65. The largest absolute Gasteiger partial charge is 0.314 e. The Hall–Kier alpha value is -0.640. The highest BCUT2D eigenvalue weighted by atomic mass is 35.5. The van der Waals surface area contributed by atoms with Gasteiger partial charge in [0.2, 0.25) is 0 Å². The van der Waals surface area contributed by atoms with Crippen LogP contribution < -0.4 is 5.32 Å². The van der Waals surface area contributed by atoms with Crippen LogP contribution in [0.4, 0.5) is 0 Å². The van der Waals surface area contributed by atoms with Crippen LogP contribution in [0.2, 0.25) is 5.15 Å². The van der Waals surface area contributed by atoms with Crippen molar-refractivity contribution in [3.05, 3.63) is 29.0 Å². The van der Waals surface area contributed by atoms with Gasteiger partial charge in [-0.1, -0.05) is 37.9 Å². The van der Waals surface area contributed by atoms with E-state index in [2.05, 4.69) is 35.1 Å². The van der Waals surface area contributed by atoms with Crippen molar-refractivity contribution in [3.63, 3.8) is 0 Å². The Morgan fingerprint density at radius 3 is 2.67 bits per heavy atom. The van der Waals surface area contributed by atoms with Gasteiger partial charge in [0.15, 0.2) is 0 Å². The zero-order valence-electron chi connectivity index (χ0n) is 11.2. The van der Waals surface area contributed by atoms with Gasteiger partial charge in [-0.3, -0.25) is 4.90 Å². The van der Waals surface area contributed by atoms with Gasteiger partial charge in [0.1, 0.15) is 5.15 Å². The van der Waals surface area contributed by atoms with Crippen LogP contribution in [0.15, 0.2) is 18.3 Å². The molecule has 1 aliphatic rings. The average molecular weight is 268 g/mol. The van der Waals surface area contributed by atoms with Crippen LogP contribution in [0.3, 0.4) is 0 Å². The fraction of sp³-hybridized carbons (Fsp3) is 0.643. The van der Waals surface area contributed by atoms with E-state index in [1.807, 2.05) is 12.3 Å². The number of hydrogen-bond acceptors (Lipinski definition) is 3. The van der Waals surface area contributed by atoms with Crippen molar-refractivity contribution in [3.8, 4) is 0 Å². The molecule has 2 rings (SSSR count). The van der Waals surface area contributed by atoms with Gasteiger partial charge in [-0.15, -0.1) is 0 Å². The molecule has 0 radical (unpaired) electrons. The third-order valence-corrected chi connectivity index (χ3v) is 4.04. The fourth-order valence-corrected chi connectivity index (χ4v) is 2.76. The first-order valence-electron chi connectivity index (χ1n) is 6.78. The van der Waals surface area contributed by atoms with Crippen molar-refractivity contribution in [2.45, 2.75) is 26.3 Å². The Balaban J connectivity index is 2.20. The SMILES string of the molecule is CCC(C)[C@@H](c1ccc(Cl)nc1)N1CCNCC1. The third kappa shape index (κ3) is 3.22. The van der Waals surface area contributed by atoms with Crippen LogP contribution >= 0.6 is 11.6 Å². The minimum atomic E-state index is 0.460. The van der Waals surface area contributed by atoms with E-state index in [0.29, 0.717) is 17.1 Å². The minimum Gasteiger partial charge on any atom is -0.314 e. The number of hydrogen-bond donors (Lipinski definition) is 1. The van der Waals surface area contributed by atoms with E-state index >= 15 is 0 Å². The Bertz CT molecular complexity index is 360. The average Bonchev–Trinajstić information content (AvgIpc) is 2.42. The smallest absolute Gasteiger partial charge is 0.129 e.